The normalized spacial score (nSPS) is 14.7. The lowest BCUT2D eigenvalue weighted by Crippen LogP contribution is -2.14. The average molecular weight is 410 g/mol. The van der Waals surface area contributed by atoms with Crippen molar-refractivity contribution in [3.8, 4) is 5.75 Å². The quantitative estimate of drug-likeness (QED) is 0.721. The Morgan fingerprint density at radius 1 is 1.11 bits per heavy atom. The van der Waals surface area contributed by atoms with Gasteiger partial charge in [0.15, 0.2) is 0 Å². The zero-order valence-electron chi connectivity index (χ0n) is 14.8. The van der Waals surface area contributed by atoms with Crippen molar-refractivity contribution in [1.29, 1.82) is 0 Å². The molecule has 0 unspecified atom stereocenters. The largest absolute Gasteiger partial charge is 0.490 e. The van der Waals surface area contributed by atoms with Crippen molar-refractivity contribution < 1.29 is 22.7 Å². The lowest BCUT2D eigenvalue weighted by atomic mass is 10.2. The molecule has 144 valence electrons. The summed E-state index contributed by atoms with van der Waals surface area (Å²) in [7, 11) is -2.69. The number of nitrogens with one attached hydrogen (secondary N) is 1. The molecule has 0 spiro atoms. The number of halogens is 1. The minimum Gasteiger partial charge on any atom is -0.490 e. The number of carbonyl (C=O) groups excluding carboxylic acids is 1. The lowest BCUT2D eigenvalue weighted by molar-refractivity contribution is 0.0600. The van der Waals surface area contributed by atoms with Crippen LogP contribution in [0.1, 0.15) is 36.0 Å². The molecule has 0 heterocycles. The second-order valence-corrected chi connectivity index (χ2v) is 8.38. The Kier molecular flexibility index (Phi) is 5.92. The van der Waals surface area contributed by atoms with Gasteiger partial charge < -0.3 is 9.47 Å². The van der Waals surface area contributed by atoms with E-state index in [1.807, 2.05) is 0 Å². The van der Waals surface area contributed by atoms with Gasteiger partial charge in [0.1, 0.15) is 5.75 Å². The highest BCUT2D eigenvalue weighted by atomic mass is 35.5. The molecule has 1 fully saturated rings. The minimum atomic E-state index is -3.89. The Morgan fingerprint density at radius 2 is 1.78 bits per heavy atom. The molecule has 0 radical (unpaired) electrons. The summed E-state index contributed by atoms with van der Waals surface area (Å²) in [5, 5.41) is 0.120. The van der Waals surface area contributed by atoms with Gasteiger partial charge in [-0.3, -0.25) is 4.72 Å². The second kappa shape index (κ2) is 8.19. The highest BCUT2D eigenvalue weighted by molar-refractivity contribution is 7.92. The van der Waals surface area contributed by atoms with E-state index in [4.69, 9.17) is 16.3 Å². The van der Waals surface area contributed by atoms with Crippen LogP contribution in [-0.2, 0) is 14.8 Å². The molecule has 1 aliphatic carbocycles. The molecule has 2 aromatic carbocycles. The van der Waals surface area contributed by atoms with Crippen LogP contribution in [0.5, 0.6) is 5.75 Å². The van der Waals surface area contributed by atoms with Crippen molar-refractivity contribution >= 4 is 33.3 Å². The molecule has 0 saturated heterocycles. The number of esters is 1. The van der Waals surface area contributed by atoms with Crippen LogP contribution >= 0.6 is 11.6 Å². The highest BCUT2D eigenvalue weighted by Gasteiger charge is 2.20. The molecule has 0 aliphatic heterocycles. The molecule has 1 N–H and O–H groups in total. The minimum absolute atomic E-state index is 0.0117. The fourth-order valence-electron chi connectivity index (χ4n) is 2.95. The molecule has 1 aliphatic rings. The predicted octanol–water partition coefficient (Wildman–Crippen LogP) is 4.25. The number of benzene rings is 2. The summed E-state index contributed by atoms with van der Waals surface area (Å²) >= 11 is 5.94. The van der Waals surface area contributed by atoms with Gasteiger partial charge >= 0.3 is 5.97 Å². The number of rotatable bonds is 6. The first-order valence-corrected chi connectivity index (χ1v) is 10.4. The smallest absolute Gasteiger partial charge is 0.339 e. The zero-order chi connectivity index (χ0) is 19.4. The SMILES string of the molecule is COC(=O)c1cc(S(=O)(=O)Nc2ccc(OC3CCCC3)cc2)ccc1Cl. The van der Waals surface area contributed by atoms with Crippen LogP contribution in [0.25, 0.3) is 0 Å². The summed E-state index contributed by atoms with van der Waals surface area (Å²) in [5.74, 6) is 0.00906. The van der Waals surface area contributed by atoms with Gasteiger partial charge in [0.25, 0.3) is 10.0 Å². The lowest BCUT2D eigenvalue weighted by Gasteiger charge is -2.14. The Bertz CT molecular complexity index is 922. The van der Waals surface area contributed by atoms with Gasteiger partial charge in [0.05, 0.1) is 28.7 Å². The van der Waals surface area contributed by atoms with Gasteiger partial charge in [-0.1, -0.05) is 11.6 Å². The number of carbonyl (C=O) groups is 1. The topological polar surface area (TPSA) is 81.7 Å². The van der Waals surface area contributed by atoms with Crippen LogP contribution in [-0.4, -0.2) is 27.6 Å². The number of ether oxygens (including phenoxy) is 2. The molecule has 0 amide bonds. The fraction of sp³-hybridized carbons (Fsp3) is 0.316. The molecule has 6 nitrogen and oxygen atoms in total. The van der Waals surface area contributed by atoms with Gasteiger partial charge in [-0.25, -0.2) is 13.2 Å². The van der Waals surface area contributed by atoms with E-state index in [0.29, 0.717) is 11.4 Å². The summed E-state index contributed by atoms with van der Waals surface area (Å²) in [6, 6.07) is 10.6. The first-order valence-electron chi connectivity index (χ1n) is 8.56. The van der Waals surface area contributed by atoms with Gasteiger partial charge in [-0.05, 0) is 68.1 Å². The summed E-state index contributed by atoms with van der Waals surface area (Å²) in [6.07, 6.45) is 4.69. The molecule has 3 rings (SSSR count). The first kappa shape index (κ1) is 19.5. The molecule has 2 aromatic rings. The molecular formula is C19H20ClNO5S. The van der Waals surface area contributed by atoms with Crippen molar-refractivity contribution in [2.45, 2.75) is 36.7 Å². The Balaban J connectivity index is 1.75. The van der Waals surface area contributed by atoms with Crippen molar-refractivity contribution in [2.75, 3.05) is 11.8 Å². The Morgan fingerprint density at radius 3 is 2.41 bits per heavy atom. The van der Waals surface area contributed by atoms with E-state index in [1.165, 1.54) is 38.2 Å². The third kappa shape index (κ3) is 4.73. The number of hydrogen-bond donors (Lipinski definition) is 1. The fourth-order valence-corrected chi connectivity index (χ4v) is 4.23. The molecular weight excluding hydrogens is 390 g/mol. The number of hydrogen-bond acceptors (Lipinski definition) is 5. The third-order valence-electron chi connectivity index (χ3n) is 4.36. The first-order chi connectivity index (χ1) is 12.9. The van der Waals surface area contributed by atoms with Crippen LogP contribution in [0.4, 0.5) is 5.69 Å². The van der Waals surface area contributed by atoms with Gasteiger partial charge in [-0.2, -0.15) is 0 Å². The van der Waals surface area contributed by atoms with E-state index < -0.39 is 16.0 Å². The van der Waals surface area contributed by atoms with Gasteiger partial charge in [-0.15, -0.1) is 0 Å². The van der Waals surface area contributed by atoms with Crippen LogP contribution in [0.15, 0.2) is 47.4 Å². The van der Waals surface area contributed by atoms with E-state index in [-0.39, 0.29) is 21.6 Å². The van der Waals surface area contributed by atoms with E-state index in [2.05, 4.69) is 9.46 Å². The second-order valence-electron chi connectivity index (χ2n) is 6.29. The maximum atomic E-state index is 12.6. The molecule has 1 saturated carbocycles. The standard InChI is InChI=1S/C19H20ClNO5S/c1-25-19(22)17-12-16(10-11-18(17)20)27(23,24)21-13-6-8-15(9-7-13)26-14-4-2-3-5-14/h6-12,14,21H,2-5H2,1H3. The molecule has 8 heteroatoms. The Hall–Kier alpha value is -2.25. The van der Waals surface area contributed by atoms with Crippen molar-refractivity contribution in [3.63, 3.8) is 0 Å². The monoisotopic (exact) mass is 409 g/mol. The molecule has 27 heavy (non-hydrogen) atoms. The zero-order valence-corrected chi connectivity index (χ0v) is 16.3. The average Bonchev–Trinajstić information content (AvgIpc) is 3.16. The maximum Gasteiger partial charge on any atom is 0.339 e. The number of anilines is 1. The third-order valence-corrected chi connectivity index (χ3v) is 6.07. The van der Waals surface area contributed by atoms with Crippen molar-refractivity contribution in [3.05, 3.63) is 53.1 Å². The molecule has 0 aromatic heterocycles. The van der Waals surface area contributed by atoms with E-state index in [9.17, 15) is 13.2 Å². The summed E-state index contributed by atoms with van der Waals surface area (Å²) < 4.78 is 38.2. The van der Waals surface area contributed by atoms with E-state index in [1.54, 1.807) is 24.3 Å². The van der Waals surface area contributed by atoms with Crippen molar-refractivity contribution in [2.24, 2.45) is 0 Å². The molecule has 0 atom stereocenters. The summed E-state index contributed by atoms with van der Waals surface area (Å²) in [4.78, 5) is 11.6. The van der Waals surface area contributed by atoms with Gasteiger partial charge in [0, 0.05) is 5.69 Å². The maximum absolute atomic E-state index is 12.6. The van der Waals surface area contributed by atoms with Gasteiger partial charge in [0.2, 0.25) is 0 Å². The van der Waals surface area contributed by atoms with E-state index in [0.717, 1.165) is 12.8 Å². The van der Waals surface area contributed by atoms with Crippen molar-refractivity contribution in [1.82, 2.24) is 0 Å². The van der Waals surface area contributed by atoms with Crippen LogP contribution in [0.2, 0.25) is 5.02 Å². The van der Waals surface area contributed by atoms with Crippen LogP contribution in [0.3, 0.4) is 0 Å². The summed E-state index contributed by atoms with van der Waals surface area (Å²) in [5.41, 5.74) is 0.380. The summed E-state index contributed by atoms with van der Waals surface area (Å²) in [6.45, 7) is 0. The number of methoxy groups -OCH3 is 1. The van der Waals surface area contributed by atoms with Crippen LogP contribution in [0, 0.1) is 0 Å². The predicted molar refractivity (Wildman–Crippen MR) is 103 cm³/mol. The number of sulfonamides is 1. The molecule has 0 bridgehead atoms. The Labute approximate surface area is 163 Å². The highest BCUT2D eigenvalue weighted by Crippen LogP contribution is 2.26. The van der Waals surface area contributed by atoms with E-state index >= 15 is 0 Å². The van der Waals surface area contributed by atoms with Crippen LogP contribution < -0.4 is 9.46 Å².